The van der Waals surface area contributed by atoms with Gasteiger partial charge < -0.3 is 9.84 Å². The molecule has 1 aliphatic rings. The number of carbonyl (C=O) groups excluding carboxylic acids is 2. The van der Waals surface area contributed by atoms with Gasteiger partial charge in [0.1, 0.15) is 17.3 Å². The molecule has 1 heterocycles. The second-order valence-electron chi connectivity index (χ2n) is 8.07. The highest BCUT2D eigenvalue weighted by atomic mass is 19.1. The van der Waals surface area contributed by atoms with E-state index in [0.29, 0.717) is 22.6 Å². The number of nitriles is 1. The molecule has 0 radical (unpaired) electrons. The summed E-state index contributed by atoms with van der Waals surface area (Å²) in [4.78, 5) is 27.6. The van der Waals surface area contributed by atoms with E-state index in [2.05, 4.69) is 0 Å². The third-order valence-electron chi connectivity index (χ3n) is 5.38. The molecule has 170 valence electrons. The number of carbonyl (C=O) groups is 2. The van der Waals surface area contributed by atoms with Gasteiger partial charge in [-0.25, -0.2) is 4.39 Å². The van der Waals surface area contributed by atoms with Crippen LogP contribution in [0, 0.1) is 17.1 Å². The summed E-state index contributed by atoms with van der Waals surface area (Å²) in [6.45, 7) is 3.76. The Labute approximate surface area is 196 Å². The van der Waals surface area contributed by atoms with Crippen LogP contribution in [0.1, 0.15) is 36.6 Å². The fraction of sp³-hybridized carbons (Fsp3) is 0.148. The molecule has 0 aromatic heterocycles. The van der Waals surface area contributed by atoms with Crippen LogP contribution in [-0.4, -0.2) is 22.9 Å². The first-order valence-electron chi connectivity index (χ1n) is 10.6. The maximum atomic E-state index is 13.4. The summed E-state index contributed by atoms with van der Waals surface area (Å²) in [5.41, 5.74) is 1.42. The van der Waals surface area contributed by atoms with Gasteiger partial charge in [-0.2, -0.15) is 5.26 Å². The first-order chi connectivity index (χ1) is 16.3. The van der Waals surface area contributed by atoms with Crippen molar-refractivity contribution in [3.8, 4) is 11.8 Å². The highest BCUT2D eigenvalue weighted by molar-refractivity contribution is 6.51. The molecule has 0 spiro atoms. The standard InChI is InChI=1S/C27H21FN2O4/c1-16(2)34-22-5-3-4-19(14-22)24-23(25(31)18-8-10-20(28)11-9-18)26(32)27(33)30(24)21-12-6-17(15-29)7-13-21/h3-14,16,24,31H,1-2H3/b25-23-. The molecule has 0 saturated carbocycles. The lowest BCUT2D eigenvalue weighted by atomic mass is 9.95. The van der Waals surface area contributed by atoms with Crippen LogP contribution in [0.15, 0.2) is 78.4 Å². The van der Waals surface area contributed by atoms with Crippen LogP contribution >= 0.6 is 0 Å². The first-order valence-corrected chi connectivity index (χ1v) is 10.6. The number of anilines is 1. The van der Waals surface area contributed by atoms with Crippen LogP contribution in [-0.2, 0) is 9.59 Å². The van der Waals surface area contributed by atoms with Crippen LogP contribution in [0.2, 0.25) is 0 Å². The number of benzene rings is 3. The molecule has 4 rings (SSSR count). The smallest absolute Gasteiger partial charge is 0.300 e. The molecule has 34 heavy (non-hydrogen) atoms. The number of ketones is 1. The Bertz CT molecular complexity index is 1320. The summed E-state index contributed by atoms with van der Waals surface area (Å²) in [5, 5.41) is 20.2. The van der Waals surface area contributed by atoms with Crippen molar-refractivity contribution in [2.45, 2.75) is 26.0 Å². The zero-order valence-corrected chi connectivity index (χ0v) is 18.5. The van der Waals surface area contributed by atoms with Crippen molar-refractivity contribution in [2.75, 3.05) is 4.90 Å². The number of nitrogens with zero attached hydrogens (tertiary/aromatic N) is 2. The Morgan fingerprint density at radius 1 is 1.06 bits per heavy atom. The van der Waals surface area contributed by atoms with Crippen molar-refractivity contribution >= 4 is 23.1 Å². The van der Waals surface area contributed by atoms with Crippen LogP contribution in [0.3, 0.4) is 0 Å². The molecule has 1 unspecified atom stereocenters. The third kappa shape index (κ3) is 4.26. The zero-order chi connectivity index (χ0) is 24.4. The van der Waals surface area contributed by atoms with E-state index in [4.69, 9.17) is 10.00 Å². The molecule has 1 atom stereocenters. The second-order valence-corrected chi connectivity index (χ2v) is 8.07. The fourth-order valence-corrected chi connectivity index (χ4v) is 3.90. The van der Waals surface area contributed by atoms with E-state index in [-0.39, 0.29) is 17.2 Å². The van der Waals surface area contributed by atoms with Gasteiger partial charge in [-0.1, -0.05) is 12.1 Å². The van der Waals surface area contributed by atoms with Gasteiger partial charge in [0, 0.05) is 11.3 Å². The quantitative estimate of drug-likeness (QED) is 0.327. The van der Waals surface area contributed by atoms with Gasteiger partial charge in [0.25, 0.3) is 11.7 Å². The number of amides is 1. The van der Waals surface area contributed by atoms with E-state index in [1.165, 1.54) is 17.0 Å². The Kier molecular flexibility index (Phi) is 6.15. The molecule has 6 nitrogen and oxygen atoms in total. The molecule has 1 saturated heterocycles. The zero-order valence-electron chi connectivity index (χ0n) is 18.5. The molecule has 1 amide bonds. The van der Waals surface area contributed by atoms with Crippen molar-refractivity contribution in [3.05, 3.63) is 101 Å². The van der Waals surface area contributed by atoms with Crippen molar-refractivity contribution in [1.82, 2.24) is 0 Å². The van der Waals surface area contributed by atoms with Crippen molar-refractivity contribution in [1.29, 1.82) is 5.26 Å². The second kappa shape index (κ2) is 9.20. The van der Waals surface area contributed by atoms with Gasteiger partial charge in [0.15, 0.2) is 0 Å². The maximum Gasteiger partial charge on any atom is 0.300 e. The highest BCUT2D eigenvalue weighted by Crippen LogP contribution is 2.42. The minimum Gasteiger partial charge on any atom is -0.507 e. The van der Waals surface area contributed by atoms with E-state index in [0.717, 1.165) is 12.1 Å². The summed E-state index contributed by atoms with van der Waals surface area (Å²) >= 11 is 0. The predicted molar refractivity (Wildman–Crippen MR) is 125 cm³/mol. The Balaban J connectivity index is 1.92. The van der Waals surface area contributed by atoms with E-state index in [1.807, 2.05) is 19.9 Å². The van der Waals surface area contributed by atoms with Crippen LogP contribution in [0.25, 0.3) is 5.76 Å². The van der Waals surface area contributed by atoms with Crippen LogP contribution in [0.4, 0.5) is 10.1 Å². The number of Topliss-reactive ketones (excluding diaryl/α,β-unsaturated/α-hetero) is 1. The molecule has 1 N–H and O–H groups in total. The summed E-state index contributed by atoms with van der Waals surface area (Å²) < 4.78 is 19.2. The Morgan fingerprint density at radius 3 is 2.35 bits per heavy atom. The van der Waals surface area contributed by atoms with Crippen molar-refractivity contribution in [3.63, 3.8) is 0 Å². The average Bonchev–Trinajstić information content (AvgIpc) is 3.09. The highest BCUT2D eigenvalue weighted by Gasteiger charge is 2.47. The molecule has 1 aliphatic heterocycles. The summed E-state index contributed by atoms with van der Waals surface area (Å²) in [7, 11) is 0. The molecule has 0 aliphatic carbocycles. The number of rotatable bonds is 5. The number of hydrogen-bond acceptors (Lipinski definition) is 5. The average molecular weight is 456 g/mol. The van der Waals surface area contributed by atoms with Gasteiger partial charge in [0.2, 0.25) is 0 Å². The minimum atomic E-state index is -0.964. The Hall–Kier alpha value is -4.44. The topological polar surface area (TPSA) is 90.6 Å². The summed E-state index contributed by atoms with van der Waals surface area (Å²) in [6, 6.07) is 19.3. The SMILES string of the molecule is CC(C)Oc1cccc(C2/C(=C(/O)c3ccc(F)cc3)C(=O)C(=O)N2c2ccc(C#N)cc2)c1. The number of halogens is 1. The molecule has 7 heteroatoms. The lowest BCUT2D eigenvalue weighted by Crippen LogP contribution is -2.29. The molecule has 1 fully saturated rings. The van der Waals surface area contributed by atoms with E-state index in [1.54, 1.807) is 48.5 Å². The van der Waals surface area contributed by atoms with Gasteiger partial charge in [-0.3, -0.25) is 14.5 Å². The summed E-state index contributed by atoms with van der Waals surface area (Å²) in [5.74, 6) is -2.06. The van der Waals surface area contributed by atoms with E-state index < -0.39 is 29.3 Å². The van der Waals surface area contributed by atoms with E-state index in [9.17, 15) is 19.1 Å². The van der Waals surface area contributed by atoms with Gasteiger partial charge in [-0.05, 0) is 80.1 Å². The molecular formula is C27H21FN2O4. The fourth-order valence-electron chi connectivity index (χ4n) is 3.90. The van der Waals surface area contributed by atoms with Gasteiger partial charge >= 0.3 is 0 Å². The van der Waals surface area contributed by atoms with Crippen molar-refractivity contribution in [2.24, 2.45) is 0 Å². The number of hydrogen-bond donors (Lipinski definition) is 1. The monoisotopic (exact) mass is 456 g/mol. The molecular weight excluding hydrogens is 435 g/mol. The van der Waals surface area contributed by atoms with Crippen molar-refractivity contribution < 1.29 is 23.8 Å². The number of aliphatic hydroxyl groups is 1. The summed E-state index contributed by atoms with van der Waals surface area (Å²) in [6.07, 6.45) is -0.0978. The number of aliphatic hydroxyl groups excluding tert-OH is 1. The normalized spacial score (nSPS) is 17.1. The molecule has 3 aromatic rings. The predicted octanol–water partition coefficient (Wildman–Crippen LogP) is 5.11. The lowest BCUT2D eigenvalue weighted by Gasteiger charge is -2.26. The largest absolute Gasteiger partial charge is 0.507 e. The number of ether oxygens (including phenoxy) is 1. The van der Waals surface area contributed by atoms with Crippen LogP contribution < -0.4 is 9.64 Å². The minimum absolute atomic E-state index is 0.0978. The molecule has 3 aromatic carbocycles. The van der Waals surface area contributed by atoms with Gasteiger partial charge in [0.05, 0.1) is 29.4 Å². The lowest BCUT2D eigenvalue weighted by molar-refractivity contribution is -0.132. The molecule has 0 bridgehead atoms. The van der Waals surface area contributed by atoms with Crippen LogP contribution in [0.5, 0.6) is 5.75 Å². The Morgan fingerprint density at radius 2 is 1.74 bits per heavy atom. The van der Waals surface area contributed by atoms with Gasteiger partial charge in [-0.15, -0.1) is 0 Å². The first kappa shape index (κ1) is 22.7. The maximum absolute atomic E-state index is 13.4. The third-order valence-corrected chi connectivity index (χ3v) is 5.38. The van der Waals surface area contributed by atoms with E-state index >= 15 is 0 Å².